The van der Waals surface area contributed by atoms with Gasteiger partial charge in [0, 0.05) is 6.20 Å². The van der Waals surface area contributed by atoms with Gasteiger partial charge in [-0.15, -0.1) is 0 Å². The Hall–Kier alpha value is -2.63. The van der Waals surface area contributed by atoms with E-state index in [2.05, 4.69) is 10.4 Å². The van der Waals surface area contributed by atoms with Crippen LogP contribution in [0.1, 0.15) is 37.0 Å². The number of hydrogen-bond acceptors (Lipinski definition) is 3. The molecule has 6 nitrogen and oxygen atoms in total. The van der Waals surface area contributed by atoms with Gasteiger partial charge in [0.1, 0.15) is 5.54 Å². The van der Waals surface area contributed by atoms with E-state index >= 15 is 0 Å². The number of carboxylic acid groups (broad SMARTS) is 1. The van der Waals surface area contributed by atoms with Crippen molar-refractivity contribution < 1.29 is 14.7 Å². The second kappa shape index (κ2) is 6.43. The van der Waals surface area contributed by atoms with Crippen LogP contribution in [0.5, 0.6) is 0 Å². The van der Waals surface area contributed by atoms with E-state index in [1.54, 1.807) is 10.9 Å². The smallest absolute Gasteiger partial charge is 0.329 e. The highest BCUT2D eigenvalue weighted by Gasteiger charge is 2.34. The van der Waals surface area contributed by atoms with Gasteiger partial charge in [0.15, 0.2) is 0 Å². The molecule has 1 heterocycles. The Morgan fingerprint density at radius 3 is 2.59 bits per heavy atom. The van der Waals surface area contributed by atoms with E-state index in [4.69, 9.17) is 0 Å². The Morgan fingerprint density at radius 2 is 2.00 bits per heavy atom. The molecule has 1 aromatic heterocycles. The molecule has 1 aromatic carbocycles. The first-order valence-electron chi connectivity index (χ1n) is 7.12. The zero-order chi connectivity index (χ0) is 16.2. The summed E-state index contributed by atoms with van der Waals surface area (Å²) in [7, 11) is 0. The summed E-state index contributed by atoms with van der Waals surface area (Å²) < 4.78 is 1.58. The number of aliphatic carboxylic acids is 1. The lowest BCUT2D eigenvalue weighted by Crippen LogP contribution is -2.52. The van der Waals surface area contributed by atoms with Gasteiger partial charge >= 0.3 is 5.97 Å². The molecule has 0 aliphatic carbocycles. The van der Waals surface area contributed by atoms with Crippen molar-refractivity contribution in [2.24, 2.45) is 0 Å². The van der Waals surface area contributed by atoms with Crippen molar-refractivity contribution >= 4 is 11.9 Å². The Bertz CT molecular complexity index is 666. The molecule has 6 heteroatoms. The van der Waals surface area contributed by atoms with Crippen LogP contribution < -0.4 is 5.32 Å². The molecule has 0 aliphatic heterocycles. The maximum atomic E-state index is 12.3. The largest absolute Gasteiger partial charge is 0.480 e. The number of rotatable bonds is 6. The van der Waals surface area contributed by atoms with Crippen LogP contribution in [0, 0.1) is 0 Å². The fraction of sp³-hybridized carbons (Fsp3) is 0.312. The third-order valence-electron chi connectivity index (χ3n) is 3.48. The molecule has 22 heavy (non-hydrogen) atoms. The van der Waals surface area contributed by atoms with Crippen LogP contribution in [-0.2, 0) is 4.79 Å². The SMILES string of the molecule is CCCC(C)(NC(=O)c1cnn(-c2ccccc2)c1)C(=O)O. The van der Waals surface area contributed by atoms with Crippen molar-refractivity contribution in [3.05, 3.63) is 48.3 Å². The second-order valence-corrected chi connectivity index (χ2v) is 5.35. The van der Waals surface area contributed by atoms with Crippen LogP contribution in [0.4, 0.5) is 0 Å². The zero-order valence-corrected chi connectivity index (χ0v) is 12.6. The fourth-order valence-electron chi connectivity index (χ4n) is 2.21. The average Bonchev–Trinajstić information content (AvgIpc) is 2.98. The first kappa shape index (κ1) is 15.8. The second-order valence-electron chi connectivity index (χ2n) is 5.35. The standard InChI is InChI=1S/C16H19N3O3/c1-3-9-16(2,15(21)22)18-14(20)12-10-17-19(11-12)13-7-5-4-6-8-13/h4-8,10-11H,3,9H2,1-2H3,(H,18,20)(H,21,22). The topological polar surface area (TPSA) is 84.2 Å². The predicted octanol–water partition coefficient (Wildman–Crippen LogP) is 2.25. The summed E-state index contributed by atoms with van der Waals surface area (Å²) in [6.07, 6.45) is 4.03. The minimum atomic E-state index is -1.28. The summed E-state index contributed by atoms with van der Waals surface area (Å²) in [5.41, 5.74) is -0.121. The van der Waals surface area contributed by atoms with Gasteiger partial charge in [-0.1, -0.05) is 31.5 Å². The minimum Gasteiger partial charge on any atom is -0.480 e. The number of nitrogens with one attached hydrogen (secondary N) is 1. The van der Waals surface area contributed by atoms with Crippen LogP contribution in [0.15, 0.2) is 42.7 Å². The summed E-state index contributed by atoms with van der Waals surface area (Å²) in [4.78, 5) is 23.6. The van der Waals surface area contributed by atoms with Gasteiger partial charge in [0.2, 0.25) is 0 Å². The van der Waals surface area contributed by atoms with Gasteiger partial charge in [-0.2, -0.15) is 5.10 Å². The number of benzene rings is 1. The normalized spacial score (nSPS) is 13.4. The molecule has 1 unspecified atom stereocenters. The molecule has 0 radical (unpaired) electrons. The van der Waals surface area contributed by atoms with Crippen molar-refractivity contribution in [1.82, 2.24) is 15.1 Å². The quantitative estimate of drug-likeness (QED) is 0.857. The number of amides is 1. The summed E-state index contributed by atoms with van der Waals surface area (Å²) in [6.45, 7) is 3.39. The third kappa shape index (κ3) is 3.33. The van der Waals surface area contributed by atoms with Crippen LogP contribution in [0.3, 0.4) is 0 Å². The minimum absolute atomic E-state index is 0.326. The fourth-order valence-corrected chi connectivity index (χ4v) is 2.21. The number of aromatic nitrogens is 2. The number of carbonyl (C=O) groups is 2. The highest BCUT2D eigenvalue weighted by molar-refractivity contribution is 5.97. The van der Waals surface area contributed by atoms with E-state index in [0.717, 1.165) is 5.69 Å². The predicted molar refractivity (Wildman–Crippen MR) is 82.0 cm³/mol. The Morgan fingerprint density at radius 1 is 1.32 bits per heavy atom. The number of carbonyl (C=O) groups excluding carboxylic acids is 1. The van der Waals surface area contributed by atoms with Gasteiger partial charge in [0.05, 0.1) is 17.4 Å². The molecule has 2 N–H and O–H groups in total. The van der Waals surface area contributed by atoms with Gasteiger partial charge in [-0.05, 0) is 25.5 Å². The Labute approximate surface area is 128 Å². The van der Waals surface area contributed by atoms with Crippen molar-refractivity contribution in [2.45, 2.75) is 32.2 Å². The van der Waals surface area contributed by atoms with Crippen LogP contribution in [0.25, 0.3) is 5.69 Å². The van der Waals surface area contributed by atoms with Crippen molar-refractivity contribution in [3.63, 3.8) is 0 Å². The summed E-state index contributed by atoms with van der Waals surface area (Å²) in [5.74, 6) is -1.49. The van der Waals surface area contributed by atoms with E-state index in [1.165, 1.54) is 13.1 Å². The number of para-hydroxylation sites is 1. The van der Waals surface area contributed by atoms with Crippen molar-refractivity contribution in [1.29, 1.82) is 0 Å². The summed E-state index contributed by atoms with van der Waals surface area (Å²) in [5, 5.41) is 16.0. The van der Waals surface area contributed by atoms with Crippen LogP contribution in [-0.4, -0.2) is 32.3 Å². The third-order valence-corrected chi connectivity index (χ3v) is 3.48. The highest BCUT2D eigenvalue weighted by Crippen LogP contribution is 2.14. The van der Waals surface area contributed by atoms with Crippen molar-refractivity contribution in [2.75, 3.05) is 0 Å². The molecular formula is C16H19N3O3. The molecule has 0 saturated heterocycles. The van der Waals surface area contributed by atoms with Gasteiger partial charge in [-0.25, -0.2) is 9.48 Å². The number of nitrogens with zero attached hydrogens (tertiary/aromatic N) is 2. The molecular weight excluding hydrogens is 282 g/mol. The average molecular weight is 301 g/mol. The molecule has 0 saturated carbocycles. The summed E-state index contributed by atoms with van der Waals surface area (Å²) in [6, 6.07) is 9.38. The first-order valence-corrected chi connectivity index (χ1v) is 7.12. The molecule has 2 rings (SSSR count). The Balaban J connectivity index is 2.17. The van der Waals surface area contributed by atoms with Crippen molar-refractivity contribution in [3.8, 4) is 5.69 Å². The zero-order valence-electron chi connectivity index (χ0n) is 12.6. The molecule has 1 amide bonds. The number of hydrogen-bond donors (Lipinski definition) is 2. The van der Waals surface area contributed by atoms with E-state index in [1.807, 2.05) is 37.3 Å². The van der Waals surface area contributed by atoms with E-state index in [9.17, 15) is 14.7 Å². The number of carboxylic acids is 1. The monoisotopic (exact) mass is 301 g/mol. The molecule has 0 aliphatic rings. The van der Waals surface area contributed by atoms with Gasteiger partial charge in [0.25, 0.3) is 5.91 Å². The highest BCUT2D eigenvalue weighted by atomic mass is 16.4. The van der Waals surface area contributed by atoms with Crippen LogP contribution >= 0.6 is 0 Å². The lowest BCUT2D eigenvalue weighted by molar-refractivity contribution is -0.144. The molecule has 0 spiro atoms. The molecule has 0 fully saturated rings. The lowest BCUT2D eigenvalue weighted by Gasteiger charge is -2.25. The molecule has 0 bridgehead atoms. The first-order chi connectivity index (χ1) is 10.5. The lowest BCUT2D eigenvalue weighted by atomic mass is 9.96. The molecule has 116 valence electrons. The van der Waals surface area contributed by atoms with E-state index in [0.29, 0.717) is 18.4 Å². The van der Waals surface area contributed by atoms with E-state index < -0.39 is 17.4 Å². The Kier molecular flexibility index (Phi) is 4.60. The van der Waals surface area contributed by atoms with Crippen LogP contribution in [0.2, 0.25) is 0 Å². The molecule has 1 atom stereocenters. The maximum Gasteiger partial charge on any atom is 0.329 e. The maximum absolute atomic E-state index is 12.3. The summed E-state index contributed by atoms with van der Waals surface area (Å²) >= 11 is 0. The van der Waals surface area contributed by atoms with E-state index in [-0.39, 0.29) is 0 Å². The molecule has 2 aromatic rings. The van der Waals surface area contributed by atoms with Gasteiger partial charge in [-0.3, -0.25) is 4.79 Å². The van der Waals surface area contributed by atoms with Gasteiger partial charge < -0.3 is 10.4 Å².